The maximum absolute atomic E-state index is 12.3. The van der Waals surface area contributed by atoms with Gasteiger partial charge in [-0.3, -0.25) is 9.59 Å². The van der Waals surface area contributed by atoms with Crippen molar-refractivity contribution in [2.24, 2.45) is 5.92 Å². The maximum Gasteiger partial charge on any atom is 0.248 e. The van der Waals surface area contributed by atoms with E-state index < -0.39 is 5.54 Å². The topological polar surface area (TPSA) is 58.6 Å². The van der Waals surface area contributed by atoms with Gasteiger partial charge >= 0.3 is 0 Å². The number of hydrogen-bond acceptors (Lipinski definition) is 3. The predicted octanol–water partition coefficient (Wildman–Crippen LogP) is 0.929. The molecule has 1 atom stereocenters. The van der Waals surface area contributed by atoms with Gasteiger partial charge in [-0.15, -0.1) is 0 Å². The van der Waals surface area contributed by atoms with E-state index in [1.54, 1.807) is 25.7 Å². The van der Waals surface area contributed by atoms with Crippen molar-refractivity contribution >= 4 is 11.8 Å². The third kappa shape index (κ3) is 3.47. The normalized spacial score (nSPS) is 26.5. The molecule has 1 aliphatic carbocycles. The van der Waals surface area contributed by atoms with Crippen molar-refractivity contribution in [1.82, 2.24) is 10.2 Å². The van der Waals surface area contributed by atoms with E-state index in [1.807, 2.05) is 0 Å². The Labute approximate surface area is 114 Å². The van der Waals surface area contributed by atoms with Crippen LogP contribution in [0.3, 0.4) is 0 Å². The zero-order valence-corrected chi connectivity index (χ0v) is 12.1. The Morgan fingerprint density at radius 2 is 2.05 bits per heavy atom. The highest BCUT2D eigenvalue weighted by molar-refractivity contribution is 5.99. The number of rotatable bonds is 6. The molecule has 0 aromatic rings. The third-order valence-electron chi connectivity index (χ3n) is 3.82. The quantitative estimate of drug-likeness (QED) is 0.729. The fourth-order valence-corrected chi connectivity index (χ4v) is 2.31. The summed E-state index contributed by atoms with van der Waals surface area (Å²) < 4.78 is 5.56. The molecular formula is C14H24N2O3. The summed E-state index contributed by atoms with van der Waals surface area (Å²) in [4.78, 5) is 25.7. The van der Waals surface area contributed by atoms with Crippen LogP contribution in [-0.2, 0) is 14.3 Å². The highest BCUT2D eigenvalue weighted by Crippen LogP contribution is 2.28. The molecule has 5 heteroatoms. The Balaban J connectivity index is 1.78. The van der Waals surface area contributed by atoms with E-state index in [2.05, 4.69) is 5.32 Å². The summed E-state index contributed by atoms with van der Waals surface area (Å²) in [5.41, 5.74) is -0.793. The van der Waals surface area contributed by atoms with Gasteiger partial charge in [-0.05, 0) is 46.0 Å². The zero-order valence-electron chi connectivity index (χ0n) is 12.1. The molecule has 108 valence electrons. The van der Waals surface area contributed by atoms with Crippen LogP contribution in [0.15, 0.2) is 0 Å². The van der Waals surface area contributed by atoms with Crippen molar-refractivity contribution in [2.75, 3.05) is 19.8 Å². The van der Waals surface area contributed by atoms with Crippen LogP contribution in [0.1, 0.15) is 40.0 Å². The molecule has 1 heterocycles. The first-order valence-electron chi connectivity index (χ1n) is 7.12. The highest BCUT2D eigenvalue weighted by Gasteiger charge is 2.42. The van der Waals surface area contributed by atoms with E-state index >= 15 is 0 Å². The summed E-state index contributed by atoms with van der Waals surface area (Å²) in [5.74, 6) is 0.672. The van der Waals surface area contributed by atoms with Gasteiger partial charge in [-0.1, -0.05) is 0 Å². The smallest absolute Gasteiger partial charge is 0.248 e. The van der Waals surface area contributed by atoms with Crippen molar-refractivity contribution in [1.29, 1.82) is 0 Å². The lowest BCUT2D eigenvalue weighted by Crippen LogP contribution is -2.67. The Kier molecular flexibility index (Phi) is 4.13. The second-order valence-electron chi connectivity index (χ2n) is 6.16. The maximum atomic E-state index is 12.3. The van der Waals surface area contributed by atoms with Gasteiger partial charge in [0.15, 0.2) is 0 Å². The van der Waals surface area contributed by atoms with Gasteiger partial charge in [0, 0.05) is 19.8 Å². The van der Waals surface area contributed by atoms with E-state index in [0.29, 0.717) is 13.2 Å². The van der Waals surface area contributed by atoms with Crippen LogP contribution in [0.4, 0.5) is 0 Å². The third-order valence-corrected chi connectivity index (χ3v) is 3.82. The number of hydrogen-bond donors (Lipinski definition) is 1. The van der Waals surface area contributed by atoms with Crippen LogP contribution >= 0.6 is 0 Å². The Morgan fingerprint density at radius 3 is 2.68 bits per heavy atom. The summed E-state index contributed by atoms with van der Waals surface area (Å²) in [7, 11) is 0. The van der Waals surface area contributed by atoms with E-state index in [9.17, 15) is 9.59 Å². The standard InChI is InChI=1S/C14H24N2O3/c1-10-12(17)15-14(2,3)13(18)16(10)7-4-8-19-9-11-5-6-11/h10-11H,4-9H2,1-3H3,(H,15,17). The second-order valence-corrected chi connectivity index (χ2v) is 6.16. The highest BCUT2D eigenvalue weighted by atomic mass is 16.5. The molecule has 1 N–H and O–H groups in total. The van der Waals surface area contributed by atoms with Gasteiger partial charge in [0.1, 0.15) is 11.6 Å². The molecule has 0 aromatic carbocycles. The first-order valence-corrected chi connectivity index (χ1v) is 7.12. The summed E-state index contributed by atoms with van der Waals surface area (Å²) >= 11 is 0. The molecule has 1 saturated heterocycles. The van der Waals surface area contributed by atoms with Crippen LogP contribution in [-0.4, -0.2) is 48.1 Å². The van der Waals surface area contributed by atoms with Gasteiger partial charge in [-0.25, -0.2) is 0 Å². The van der Waals surface area contributed by atoms with Gasteiger partial charge in [0.05, 0.1) is 0 Å². The van der Waals surface area contributed by atoms with Crippen LogP contribution in [0, 0.1) is 5.92 Å². The summed E-state index contributed by atoms with van der Waals surface area (Å²) in [6.07, 6.45) is 3.36. The SMILES string of the molecule is CC1C(=O)NC(C)(C)C(=O)N1CCCOCC1CC1. The number of amides is 2. The second kappa shape index (κ2) is 5.49. The molecule has 19 heavy (non-hydrogen) atoms. The molecule has 1 aliphatic heterocycles. The van der Waals surface area contributed by atoms with Crippen molar-refractivity contribution < 1.29 is 14.3 Å². The molecule has 0 aromatic heterocycles. The molecule has 2 amide bonds. The predicted molar refractivity (Wildman–Crippen MR) is 71.6 cm³/mol. The van der Waals surface area contributed by atoms with E-state index in [0.717, 1.165) is 18.9 Å². The summed E-state index contributed by atoms with van der Waals surface area (Å²) in [6.45, 7) is 7.35. The minimum Gasteiger partial charge on any atom is -0.381 e. The summed E-state index contributed by atoms with van der Waals surface area (Å²) in [6, 6.07) is -0.385. The van der Waals surface area contributed by atoms with Gasteiger partial charge in [-0.2, -0.15) is 0 Å². The number of nitrogens with zero attached hydrogens (tertiary/aromatic N) is 1. The Morgan fingerprint density at radius 1 is 1.37 bits per heavy atom. The Bertz CT molecular complexity index is 364. The van der Waals surface area contributed by atoms with Crippen LogP contribution in [0.5, 0.6) is 0 Å². The minimum atomic E-state index is -0.793. The number of carbonyl (C=O) groups is 2. The Hall–Kier alpha value is -1.10. The van der Waals surface area contributed by atoms with Crippen molar-refractivity contribution in [3.05, 3.63) is 0 Å². The molecule has 2 aliphatic rings. The number of carbonyl (C=O) groups excluding carboxylic acids is 2. The van der Waals surface area contributed by atoms with Crippen molar-refractivity contribution in [2.45, 2.75) is 51.6 Å². The van der Waals surface area contributed by atoms with Crippen LogP contribution in [0.2, 0.25) is 0 Å². The molecular weight excluding hydrogens is 244 g/mol. The molecule has 2 rings (SSSR count). The average Bonchev–Trinajstić information content (AvgIpc) is 3.14. The number of ether oxygens (including phenoxy) is 1. The fraction of sp³-hybridized carbons (Fsp3) is 0.857. The minimum absolute atomic E-state index is 0.0122. The molecule has 0 bridgehead atoms. The zero-order chi connectivity index (χ0) is 14.0. The van der Waals surface area contributed by atoms with E-state index in [1.165, 1.54) is 12.8 Å². The van der Waals surface area contributed by atoms with Gasteiger partial charge in [0.25, 0.3) is 0 Å². The molecule has 0 spiro atoms. The fourth-order valence-electron chi connectivity index (χ4n) is 2.31. The molecule has 1 unspecified atom stereocenters. The van der Waals surface area contributed by atoms with Crippen molar-refractivity contribution in [3.8, 4) is 0 Å². The lowest BCUT2D eigenvalue weighted by Gasteiger charge is -2.41. The largest absolute Gasteiger partial charge is 0.381 e. The molecule has 5 nitrogen and oxygen atoms in total. The van der Waals surface area contributed by atoms with Gasteiger partial charge in [0.2, 0.25) is 11.8 Å². The molecule has 0 radical (unpaired) electrons. The number of nitrogens with one attached hydrogen (secondary N) is 1. The average molecular weight is 268 g/mol. The lowest BCUT2D eigenvalue weighted by molar-refractivity contribution is -0.152. The van der Waals surface area contributed by atoms with Crippen LogP contribution in [0.25, 0.3) is 0 Å². The first-order chi connectivity index (χ1) is 8.92. The lowest BCUT2D eigenvalue weighted by atomic mass is 9.97. The van der Waals surface area contributed by atoms with Crippen molar-refractivity contribution in [3.63, 3.8) is 0 Å². The number of piperazine rings is 1. The molecule has 2 fully saturated rings. The van der Waals surface area contributed by atoms with Gasteiger partial charge < -0.3 is 15.0 Å². The molecule has 1 saturated carbocycles. The van der Waals surface area contributed by atoms with Crippen LogP contribution < -0.4 is 5.32 Å². The monoisotopic (exact) mass is 268 g/mol. The summed E-state index contributed by atoms with van der Waals surface area (Å²) in [5, 5.41) is 2.75. The first kappa shape index (κ1) is 14.3. The van der Waals surface area contributed by atoms with E-state index in [-0.39, 0.29) is 17.9 Å². The van der Waals surface area contributed by atoms with E-state index in [4.69, 9.17) is 4.74 Å².